The minimum Gasteiger partial charge on any atom is -0.346 e. The Labute approximate surface area is 113 Å². The van der Waals surface area contributed by atoms with Gasteiger partial charge in [0, 0.05) is 5.30 Å². The summed E-state index contributed by atoms with van der Waals surface area (Å²) in [5.41, 5.74) is 0.396. The van der Waals surface area contributed by atoms with Gasteiger partial charge < -0.3 is 18.5 Å². The summed E-state index contributed by atoms with van der Waals surface area (Å²) in [7, 11) is -1.31. The first-order chi connectivity index (χ1) is 9.27. The first-order valence-corrected chi connectivity index (χ1v) is 7.53. The third kappa shape index (κ3) is 3.50. The summed E-state index contributed by atoms with van der Waals surface area (Å²) in [6, 6.07) is 4.85. The van der Waals surface area contributed by atoms with Crippen molar-refractivity contribution < 1.29 is 22.9 Å². The van der Waals surface area contributed by atoms with Gasteiger partial charge in [0.15, 0.2) is 6.29 Å². The van der Waals surface area contributed by atoms with Crippen molar-refractivity contribution in [2.24, 2.45) is 0 Å². The maximum absolute atomic E-state index is 14.1. The maximum atomic E-state index is 14.1. The molecule has 0 aromatic heterocycles. The van der Waals surface area contributed by atoms with Gasteiger partial charge in [0.25, 0.3) is 0 Å². The quantitative estimate of drug-likeness (QED) is 0.754. The van der Waals surface area contributed by atoms with E-state index in [2.05, 4.69) is 0 Å². The second-order valence-electron chi connectivity index (χ2n) is 3.84. The fourth-order valence-electron chi connectivity index (χ4n) is 1.85. The van der Waals surface area contributed by atoms with Crippen molar-refractivity contribution >= 4 is 13.7 Å². The molecule has 0 saturated carbocycles. The van der Waals surface area contributed by atoms with Crippen molar-refractivity contribution in [3.8, 4) is 0 Å². The number of rotatable bonds is 6. The molecule has 2 rings (SSSR count). The molecule has 0 unspecified atom stereocenters. The highest BCUT2D eigenvalue weighted by molar-refractivity contribution is 7.56. The fourth-order valence-corrected chi connectivity index (χ4v) is 3.29. The topological polar surface area (TPSA) is 36.9 Å². The molecule has 1 aromatic carbocycles. The van der Waals surface area contributed by atoms with Crippen molar-refractivity contribution in [2.75, 3.05) is 26.4 Å². The van der Waals surface area contributed by atoms with Gasteiger partial charge in [0.05, 0.1) is 32.0 Å². The molecule has 1 aliphatic rings. The number of ether oxygens (including phenoxy) is 2. The molecule has 0 spiro atoms. The fraction of sp³-hybridized carbons (Fsp3) is 0.538. The summed E-state index contributed by atoms with van der Waals surface area (Å²) < 4.78 is 36.1. The summed E-state index contributed by atoms with van der Waals surface area (Å²) in [5.74, 6) is -0.351. The van der Waals surface area contributed by atoms with Crippen LogP contribution < -0.4 is 5.30 Å². The lowest BCUT2D eigenvalue weighted by Crippen LogP contribution is -2.18. The van der Waals surface area contributed by atoms with Gasteiger partial charge in [0.1, 0.15) is 5.82 Å². The van der Waals surface area contributed by atoms with Crippen molar-refractivity contribution in [2.45, 2.75) is 20.1 Å². The summed E-state index contributed by atoms with van der Waals surface area (Å²) >= 11 is 0. The number of benzene rings is 1. The lowest BCUT2D eigenvalue weighted by molar-refractivity contribution is -0.0457. The van der Waals surface area contributed by atoms with Gasteiger partial charge in [-0.2, -0.15) is 0 Å². The molecule has 4 nitrogen and oxygen atoms in total. The molecule has 6 heteroatoms. The highest BCUT2D eigenvalue weighted by Gasteiger charge is 2.29. The summed E-state index contributed by atoms with van der Waals surface area (Å²) in [6.45, 7) is 5.73. The van der Waals surface area contributed by atoms with Crippen molar-refractivity contribution in [1.82, 2.24) is 0 Å². The SMILES string of the molecule is CCOP(OCC)c1cccc(F)c1C1OCCO1. The van der Waals surface area contributed by atoms with E-state index in [4.69, 9.17) is 18.5 Å². The van der Waals surface area contributed by atoms with Gasteiger partial charge >= 0.3 is 0 Å². The first kappa shape index (κ1) is 14.8. The molecule has 0 amide bonds. The van der Waals surface area contributed by atoms with Gasteiger partial charge in [-0.25, -0.2) is 4.39 Å². The first-order valence-electron chi connectivity index (χ1n) is 6.35. The van der Waals surface area contributed by atoms with Gasteiger partial charge in [-0.1, -0.05) is 6.07 Å². The third-order valence-corrected chi connectivity index (χ3v) is 4.35. The Hall–Kier alpha value is -0.580. The van der Waals surface area contributed by atoms with Crippen LogP contribution in [0.5, 0.6) is 0 Å². The molecule has 106 valence electrons. The molecule has 1 saturated heterocycles. The van der Waals surface area contributed by atoms with Crippen LogP contribution in [0.25, 0.3) is 0 Å². The van der Waals surface area contributed by atoms with E-state index in [9.17, 15) is 4.39 Å². The van der Waals surface area contributed by atoms with E-state index >= 15 is 0 Å². The monoisotopic (exact) mass is 288 g/mol. The zero-order chi connectivity index (χ0) is 13.7. The lowest BCUT2D eigenvalue weighted by atomic mass is 10.2. The average molecular weight is 288 g/mol. The van der Waals surface area contributed by atoms with Crippen LogP contribution in [0, 0.1) is 5.82 Å². The average Bonchev–Trinajstić information content (AvgIpc) is 2.92. The molecule has 19 heavy (non-hydrogen) atoms. The molecule has 0 N–H and O–H groups in total. The Morgan fingerprint density at radius 1 is 1.21 bits per heavy atom. The Bertz CT molecular complexity index is 404. The van der Waals surface area contributed by atoms with E-state index < -0.39 is 14.7 Å². The molecular formula is C13H18FO4P. The Morgan fingerprint density at radius 2 is 1.84 bits per heavy atom. The maximum Gasteiger partial charge on any atom is 0.205 e. The van der Waals surface area contributed by atoms with E-state index in [1.54, 1.807) is 12.1 Å². The van der Waals surface area contributed by atoms with Gasteiger partial charge in [-0.3, -0.25) is 0 Å². The van der Waals surface area contributed by atoms with Crippen LogP contribution in [0.3, 0.4) is 0 Å². The zero-order valence-corrected chi connectivity index (χ0v) is 12.0. The Morgan fingerprint density at radius 3 is 2.42 bits per heavy atom. The molecule has 1 aliphatic heterocycles. The summed E-state index contributed by atoms with van der Waals surface area (Å²) in [6.07, 6.45) is -0.665. The number of halogens is 1. The zero-order valence-electron chi connectivity index (χ0n) is 11.1. The van der Waals surface area contributed by atoms with Crippen LogP contribution in [0.1, 0.15) is 25.7 Å². The lowest BCUT2D eigenvalue weighted by Gasteiger charge is -2.21. The molecule has 1 heterocycles. The van der Waals surface area contributed by atoms with E-state index in [1.807, 2.05) is 13.8 Å². The molecule has 0 aliphatic carbocycles. The van der Waals surface area contributed by atoms with Crippen LogP contribution in [-0.2, 0) is 18.5 Å². The van der Waals surface area contributed by atoms with Crippen molar-refractivity contribution in [3.63, 3.8) is 0 Å². The molecular weight excluding hydrogens is 270 g/mol. The van der Waals surface area contributed by atoms with Gasteiger partial charge in [-0.05, 0) is 26.0 Å². The van der Waals surface area contributed by atoms with Crippen LogP contribution in [-0.4, -0.2) is 26.4 Å². The molecule has 1 aromatic rings. The summed E-state index contributed by atoms with van der Waals surface area (Å²) in [4.78, 5) is 0. The van der Waals surface area contributed by atoms with Crippen LogP contribution in [0.4, 0.5) is 4.39 Å². The molecule has 0 radical (unpaired) electrons. The van der Waals surface area contributed by atoms with E-state index in [-0.39, 0.29) is 5.82 Å². The molecule has 0 atom stereocenters. The largest absolute Gasteiger partial charge is 0.346 e. The third-order valence-electron chi connectivity index (χ3n) is 2.58. The van der Waals surface area contributed by atoms with Gasteiger partial charge in [0.2, 0.25) is 8.38 Å². The van der Waals surface area contributed by atoms with E-state index in [0.29, 0.717) is 37.3 Å². The smallest absolute Gasteiger partial charge is 0.205 e. The minimum atomic E-state index is -1.31. The van der Waals surface area contributed by atoms with E-state index in [1.165, 1.54) is 6.07 Å². The van der Waals surface area contributed by atoms with Gasteiger partial charge in [-0.15, -0.1) is 0 Å². The highest BCUT2D eigenvalue weighted by Crippen LogP contribution is 2.41. The second-order valence-corrected chi connectivity index (χ2v) is 5.35. The minimum absolute atomic E-state index is 0.351. The van der Waals surface area contributed by atoms with E-state index in [0.717, 1.165) is 0 Å². The second kappa shape index (κ2) is 7.27. The Kier molecular flexibility index (Phi) is 5.67. The Balaban J connectivity index is 2.34. The van der Waals surface area contributed by atoms with Crippen molar-refractivity contribution in [3.05, 3.63) is 29.6 Å². The summed E-state index contributed by atoms with van der Waals surface area (Å²) in [5, 5.41) is 0.686. The predicted octanol–water partition coefficient (Wildman–Crippen LogP) is 2.88. The van der Waals surface area contributed by atoms with Crippen molar-refractivity contribution in [1.29, 1.82) is 0 Å². The number of hydrogen-bond acceptors (Lipinski definition) is 4. The molecule has 0 bridgehead atoms. The highest BCUT2D eigenvalue weighted by atomic mass is 31.2. The van der Waals surface area contributed by atoms with Crippen LogP contribution in [0.2, 0.25) is 0 Å². The standard InChI is InChI=1S/C13H18FO4P/c1-3-17-19(18-4-2)11-7-5-6-10(14)12(11)13-15-8-9-16-13/h5-7,13H,3-4,8-9H2,1-2H3. The molecule has 1 fully saturated rings. The predicted molar refractivity (Wildman–Crippen MR) is 70.9 cm³/mol. The van der Waals surface area contributed by atoms with Crippen LogP contribution in [0.15, 0.2) is 18.2 Å². The van der Waals surface area contributed by atoms with Crippen LogP contribution >= 0.6 is 8.38 Å². The normalized spacial score (nSPS) is 16.4. The number of hydrogen-bond donors (Lipinski definition) is 0.